The number of aliphatic imine (C=N–C) groups is 1. The van der Waals surface area contributed by atoms with E-state index in [1.807, 2.05) is 13.8 Å². The molecule has 0 aromatic heterocycles. The topological polar surface area (TPSA) is 88.1 Å². The van der Waals surface area contributed by atoms with E-state index in [9.17, 15) is 13.2 Å². The molecule has 1 saturated heterocycles. The van der Waals surface area contributed by atoms with Gasteiger partial charge in [-0.2, -0.15) is 0 Å². The summed E-state index contributed by atoms with van der Waals surface area (Å²) in [4.78, 5) is 19.1. The van der Waals surface area contributed by atoms with Crippen LogP contribution in [0.1, 0.15) is 32.3 Å². The fraction of sp³-hybridized carbons (Fsp3) is 0.579. The average molecular weight is 523 g/mol. The van der Waals surface area contributed by atoms with E-state index in [-0.39, 0.29) is 35.9 Å². The maximum Gasteiger partial charge on any atom is 0.310 e. The van der Waals surface area contributed by atoms with E-state index in [4.69, 9.17) is 4.74 Å². The van der Waals surface area contributed by atoms with Gasteiger partial charge in [-0.1, -0.05) is 12.1 Å². The van der Waals surface area contributed by atoms with Gasteiger partial charge in [0.15, 0.2) is 15.8 Å². The molecule has 9 heteroatoms. The Morgan fingerprint density at radius 1 is 1.29 bits per heavy atom. The molecule has 0 bridgehead atoms. The van der Waals surface area contributed by atoms with E-state index >= 15 is 0 Å². The predicted octanol–water partition coefficient (Wildman–Crippen LogP) is 2.45. The second-order valence-corrected chi connectivity index (χ2v) is 8.64. The Morgan fingerprint density at radius 3 is 2.54 bits per heavy atom. The molecule has 0 amide bonds. The number of esters is 1. The molecule has 0 saturated carbocycles. The molecule has 1 fully saturated rings. The van der Waals surface area contributed by atoms with Crippen molar-refractivity contribution in [2.75, 3.05) is 32.5 Å². The van der Waals surface area contributed by atoms with E-state index in [0.29, 0.717) is 24.6 Å². The third kappa shape index (κ3) is 7.23. The summed E-state index contributed by atoms with van der Waals surface area (Å²) in [6, 6.07) is 6.76. The van der Waals surface area contributed by atoms with Gasteiger partial charge in [0.05, 0.1) is 24.0 Å². The van der Waals surface area contributed by atoms with E-state index in [2.05, 4.69) is 15.2 Å². The molecule has 2 rings (SSSR count). The first-order valence-corrected chi connectivity index (χ1v) is 11.2. The number of guanidine groups is 1. The summed E-state index contributed by atoms with van der Waals surface area (Å²) in [5, 5.41) is 3.28. The van der Waals surface area contributed by atoms with Gasteiger partial charge < -0.3 is 15.0 Å². The van der Waals surface area contributed by atoms with Gasteiger partial charge in [0, 0.05) is 25.9 Å². The molecular weight excluding hydrogens is 493 g/mol. The fourth-order valence-electron chi connectivity index (χ4n) is 3.06. The minimum Gasteiger partial charge on any atom is -0.466 e. The minimum atomic E-state index is -3.20. The molecule has 1 aliphatic heterocycles. The predicted molar refractivity (Wildman–Crippen MR) is 121 cm³/mol. The van der Waals surface area contributed by atoms with Crippen LogP contribution in [0.2, 0.25) is 0 Å². The number of nitrogens with one attached hydrogen (secondary N) is 1. The van der Waals surface area contributed by atoms with Crippen molar-refractivity contribution in [3.63, 3.8) is 0 Å². The second kappa shape index (κ2) is 11.6. The van der Waals surface area contributed by atoms with Crippen LogP contribution in [0.5, 0.6) is 0 Å². The third-order valence-electron chi connectivity index (χ3n) is 4.44. The minimum absolute atomic E-state index is 0. The summed E-state index contributed by atoms with van der Waals surface area (Å²) in [7, 11) is -3.20. The molecule has 7 nitrogen and oxygen atoms in total. The smallest absolute Gasteiger partial charge is 0.310 e. The highest BCUT2D eigenvalue weighted by Gasteiger charge is 2.28. The Balaban J connectivity index is 0.00000392. The van der Waals surface area contributed by atoms with E-state index in [1.165, 1.54) is 6.26 Å². The van der Waals surface area contributed by atoms with Gasteiger partial charge in [-0.05, 0) is 44.4 Å². The van der Waals surface area contributed by atoms with Crippen LogP contribution in [-0.2, 0) is 25.9 Å². The highest BCUT2D eigenvalue weighted by molar-refractivity contribution is 14.0. The second-order valence-electron chi connectivity index (χ2n) is 6.62. The molecule has 0 spiro atoms. The number of likely N-dealkylation sites (tertiary alicyclic amines) is 1. The van der Waals surface area contributed by atoms with Crippen molar-refractivity contribution < 1.29 is 17.9 Å². The van der Waals surface area contributed by atoms with Crippen molar-refractivity contribution in [1.29, 1.82) is 0 Å². The molecular formula is C19H30IN3O4S. The highest BCUT2D eigenvalue weighted by atomic mass is 127. The lowest BCUT2D eigenvalue weighted by Crippen LogP contribution is -2.48. The van der Waals surface area contributed by atoms with Crippen LogP contribution in [0.3, 0.4) is 0 Å². The first-order valence-electron chi connectivity index (χ1n) is 9.34. The molecule has 0 aliphatic carbocycles. The number of nitrogens with zero attached hydrogens (tertiary/aromatic N) is 2. The summed E-state index contributed by atoms with van der Waals surface area (Å²) >= 11 is 0. The number of carbonyl (C=O) groups is 1. The molecule has 158 valence electrons. The Bertz CT molecular complexity index is 766. The van der Waals surface area contributed by atoms with Crippen LogP contribution in [0, 0.1) is 5.92 Å². The molecule has 1 N–H and O–H groups in total. The third-order valence-corrected chi connectivity index (χ3v) is 5.57. The summed E-state index contributed by atoms with van der Waals surface area (Å²) < 4.78 is 28.3. The van der Waals surface area contributed by atoms with Crippen LogP contribution in [0.4, 0.5) is 0 Å². The maximum absolute atomic E-state index is 12.1. The van der Waals surface area contributed by atoms with Crippen molar-refractivity contribution >= 4 is 45.7 Å². The lowest BCUT2D eigenvalue weighted by Gasteiger charge is -2.34. The SMILES string of the molecule is CCNC(=NCc1ccc(S(C)(=O)=O)cc1)N1CCCC(C(=O)OCC)C1.I. The lowest BCUT2D eigenvalue weighted by atomic mass is 9.98. The lowest BCUT2D eigenvalue weighted by molar-refractivity contribution is -0.149. The zero-order valence-electron chi connectivity index (χ0n) is 16.7. The van der Waals surface area contributed by atoms with Gasteiger partial charge in [-0.3, -0.25) is 4.79 Å². The van der Waals surface area contributed by atoms with Gasteiger partial charge in [0.2, 0.25) is 0 Å². The van der Waals surface area contributed by atoms with Crippen molar-refractivity contribution in [1.82, 2.24) is 10.2 Å². The van der Waals surface area contributed by atoms with Crippen molar-refractivity contribution in [2.45, 2.75) is 38.1 Å². The van der Waals surface area contributed by atoms with Crippen LogP contribution in [0.15, 0.2) is 34.2 Å². The number of ether oxygens (including phenoxy) is 1. The Kier molecular flexibility index (Phi) is 10.2. The maximum atomic E-state index is 12.1. The monoisotopic (exact) mass is 523 g/mol. The zero-order valence-corrected chi connectivity index (χ0v) is 19.8. The summed E-state index contributed by atoms with van der Waals surface area (Å²) in [5.74, 6) is 0.490. The first kappa shape index (κ1) is 24.7. The van der Waals surface area contributed by atoms with Crippen molar-refractivity contribution in [2.24, 2.45) is 10.9 Å². The number of sulfone groups is 1. The molecule has 1 aromatic carbocycles. The molecule has 0 radical (unpaired) electrons. The van der Waals surface area contributed by atoms with Crippen LogP contribution in [-0.4, -0.2) is 57.7 Å². The molecule has 1 aromatic rings. The Hall–Kier alpha value is -1.36. The number of hydrogen-bond donors (Lipinski definition) is 1. The number of rotatable bonds is 6. The van der Waals surface area contributed by atoms with Gasteiger partial charge in [0.25, 0.3) is 0 Å². The zero-order chi connectivity index (χ0) is 19.9. The summed E-state index contributed by atoms with van der Waals surface area (Å²) in [6.07, 6.45) is 2.94. The van der Waals surface area contributed by atoms with Crippen LogP contribution in [0.25, 0.3) is 0 Å². The van der Waals surface area contributed by atoms with Crippen LogP contribution < -0.4 is 5.32 Å². The average Bonchev–Trinajstić information content (AvgIpc) is 2.65. The van der Waals surface area contributed by atoms with Gasteiger partial charge in [-0.25, -0.2) is 13.4 Å². The Labute approximate surface area is 184 Å². The molecule has 1 aliphatic rings. The number of hydrogen-bond acceptors (Lipinski definition) is 5. The van der Waals surface area contributed by atoms with Crippen molar-refractivity contribution in [3.8, 4) is 0 Å². The largest absolute Gasteiger partial charge is 0.466 e. The van der Waals surface area contributed by atoms with Gasteiger partial charge in [0.1, 0.15) is 0 Å². The quantitative estimate of drug-likeness (QED) is 0.267. The molecule has 1 unspecified atom stereocenters. The number of piperidine rings is 1. The number of benzene rings is 1. The fourth-order valence-corrected chi connectivity index (χ4v) is 3.69. The normalized spacial score (nSPS) is 17.6. The van der Waals surface area contributed by atoms with Crippen LogP contribution >= 0.6 is 24.0 Å². The Morgan fingerprint density at radius 2 is 1.96 bits per heavy atom. The van der Waals surface area contributed by atoms with E-state index in [0.717, 1.165) is 37.5 Å². The van der Waals surface area contributed by atoms with Gasteiger partial charge >= 0.3 is 5.97 Å². The molecule has 28 heavy (non-hydrogen) atoms. The number of carbonyl (C=O) groups excluding carboxylic acids is 1. The molecule has 1 atom stereocenters. The highest BCUT2D eigenvalue weighted by Crippen LogP contribution is 2.18. The summed E-state index contributed by atoms with van der Waals surface area (Å²) in [6.45, 7) is 6.82. The molecule has 1 heterocycles. The van der Waals surface area contributed by atoms with E-state index in [1.54, 1.807) is 24.3 Å². The standard InChI is InChI=1S/C19H29N3O4S.HI/c1-4-20-19(22-12-6-7-16(14-22)18(23)26-5-2)21-13-15-8-10-17(11-9-15)27(3,24)25;/h8-11,16H,4-7,12-14H2,1-3H3,(H,20,21);1H. The number of halogens is 1. The van der Waals surface area contributed by atoms with Gasteiger partial charge in [-0.15, -0.1) is 24.0 Å². The van der Waals surface area contributed by atoms with Crippen molar-refractivity contribution in [3.05, 3.63) is 29.8 Å². The first-order chi connectivity index (χ1) is 12.8. The van der Waals surface area contributed by atoms with E-state index < -0.39 is 9.84 Å². The summed E-state index contributed by atoms with van der Waals surface area (Å²) in [5.41, 5.74) is 0.928.